The lowest BCUT2D eigenvalue weighted by atomic mass is 10.0. The number of hydrogen-bond acceptors (Lipinski definition) is 2. The first-order valence-electron chi connectivity index (χ1n) is 5.71. The van der Waals surface area contributed by atoms with Crippen molar-refractivity contribution in [3.63, 3.8) is 0 Å². The molecule has 0 aliphatic heterocycles. The van der Waals surface area contributed by atoms with Crippen LogP contribution in [-0.4, -0.2) is 9.78 Å². The number of benzene rings is 1. The fourth-order valence-corrected chi connectivity index (χ4v) is 2.15. The first-order valence-corrected chi connectivity index (χ1v) is 5.71. The molecule has 0 aliphatic carbocycles. The molecule has 1 aromatic carbocycles. The van der Waals surface area contributed by atoms with E-state index in [1.54, 1.807) is 26.8 Å². The number of nitrogen functional groups attached to an aromatic ring is 1. The van der Waals surface area contributed by atoms with E-state index < -0.39 is 11.7 Å². The lowest BCUT2D eigenvalue weighted by Gasteiger charge is -2.15. The van der Waals surface area contributed by atoms with Gasteiger partial charge in [0.05, 0.1) is 16.9 Å². The van der Waals surface area contributed by atoms with Crippen LogP contribution in [0.4, 0.5) is 19.0 Å². The van der Waals surface area contributed by atoms with E-state index in [9.17, 15) is 13.2 Å². The Kier molecular flexibility index (Phi) is 3.04. The standard InChI is InChI=1S/C13H14F3N3/c1-7-4-10(13(14,15)16)5-8(2)12(7)19-11(17)6-9(3)18-19/h4-6H,17H2,1-3H3. The van der Waals surface area contributed by atoms with E-state index >= 15 is 0 Å². The Balaban J connectivity index is 2.64. The SMILES string of the molecule is Cc1cc(N)n(-c2c(C)cc(C(F)(F)F)cc2C)n1. The van der Waals surface area contributed by atoms with Gasteiger partial charge in [0.2, 0.25) is 0 Å². The number of nitrogens with two attached hydrogens (primary N) is 1. The molecule has 19 heavy (non-hydrogen) atoms. The number of nitrogens with zero attached hydrogens (tertiary/aromatic N) is 2. The van der Waals surface area contributed by atoms with Crippen LogP contribution >= 0.6 is 0 Å². The molecule has 2 N–H and O–H groups in total. The fraction of sp³-hybridized carbons (Fsp3) is 0.308. The van der Waals surface area contributed by atoms with Gasteiger partial charge in [-0.15, -0.1) is 0 Å². The second-order valence-electron chi connectivity index (χ2n) is 4.58. The maximum Gasteiger partial charge on any atom is 0.416 e. The second kappa shape index (κ2) is 4.29. The van der Waals surface area contributed by atoms with E-state index in [-0.39, 0.29) is 0 Å². The first kappa shape index (κ1) is 13.5. The lowest BCUT2D eigenvalue weighted by molar-refractivity contribution is -0.137. The van der Waals surface area contributed by atoms with Gasteiger partial charge in [0.25, 0.3) is 0 Å². The van der Waals surface area contributed by atoms with Crippen molar-refractivity contribution >= 4 is 5.82 Å². The van der Waals surface area contributed by atoms with Gasteiger partial charge >= 0.3 is 6.18 Å². The fourth-order valence-electron chi connectivity index (χ4n) is 2.15. The van der Waals surface area contributed by atoms with Crippen LogP contribution in [-0.2, 0) is 6.18 Å². The first-order chi connectivity index (χ1) is 8.70. The van der Waals surface area contributed by atoms with Gasteiger partial charge in [0.15, 0.2) is 0 Å². The monoisotopic (exact) mass is 269 g/mol. The molecule has 0 saturated carbocycles. The van der Waals surface area contributed by atoms with Crippen molar-refractivity contribution in [3.8, 4) is 5.69 Å². The molecule has 0 fully saturated rings. The Hall–Kier alpha value is -1.98. The summed E-state index contributed by atoms with van der Waals surface area (Å²) in [6.07, 6.45) is -4.35. The van der Waals surface area contributed by atoms with Crippen LogP contribution in [0.2, 0.25) is 0 Å². The van der Waals surface area contributed by atoms with Crippen molar-refractivity contribution in [1.82, 2.24) is 9.78 Å². The maximum absolute atomic E-state index is 12.7. The second-order valence-corrected chi connectivity index (χ2v) is 4.58. The van der Waals surface area contributed by atoms with Gasteiger partial charge in [-0.2, -0.15) is 18.3 Å². The van der Waals surface area contributed by atoms with Crippen LogP contribution in [0, 0.1) is 20.8 Å². The molecule has 6 heteroatoms. The van der Waals surface area contributed by atoms with Crippen molar-refractivity contribution in [2.24, 2.45) is 0 Å². The Morgan fingerprint density at radius 1 is 1.05 bits per heavy atom. The zero-order chi connectivity index (χ0) is 14.4. The molecule has 3 nitrogen and oxygen atoms in total. The molecule has 0 radical (unpaired) electrons. The average molecular weight is 269 g/mol. The average Bonchev–Trinajstić information content (AvgIpc) is 2.55. The molecule has 0 atom stereocenters. The maximum atomic E-state index is 12.7. The molecule has 0 aliphatic rings. The molecule has 1 aromatic heterocycles. The van der Waals surface area contributed by atoms with Gasteiger partial charge in [-0.05, 0) is 44.0 Å². The van der Waals surface area contributed by atoms with Gasteiger partial charge in [0, 0.05) is 6.07 Å². The van der Waals surface area contributed by atoms with E-state index in [2.05, 4.69) is 5.10 Å². The number of halogens is 3. The molecule has 0 amide bonds. The lowest BCUT2D eigenvalue weighted by Crippen LogP contribution is -2.10. The minimum absolute atomic E-state index is 0.406. The van der Waals surface area contributed by atoms with Gasteiger partial charge in [-0.1, -0.05) is 0 Å². The minimum Gasteiger partial charge on any atom is -0.384 e. The molecule has 2 aromatic rings. The molecular formula is C13H14F3N3. The highest BCUT2D eigenvalue weighted by atomic mass is 19.4. The van der Waals surface area contributed by atoms with Crippen molar-refractivity contribution in [2.75, 3.05) is 5.73 Å². The van der Waals surface area contributed by atoms with Crippen LogP contribution in [0.15, 0.2) is 18.2 Å². The summed E-state index contributed by atoms with van der Waals surface area (Å²) in [4.78, 5) is 0. The van der Waals surface area contributed by atoms with Crippen LogP contribution in [0.25, 0.3) is 5.69 Å². The Morgan fingerprint density at radius 2 is 1.58 bits per heavy atom. The molecule has 102 valence electrons. The molecule has 0 unspecified atom stereocenters. The number of hydrogen-bond donors (Lipinski definition) is 1. The minimum atomic E-state index is -4.35. The third-order valence-corrected chi connectivity index (χ3v) is 2.89. The molecule has 0 saturated heterocycles. The molecule has 2 rings (SSSR count). The molecular weight excluding hydrogens is 255 g/mol. The largest absolute Gasteiger partial charge is 0.416 e. The highest BCUT2D eigenvalue weighted by Crippen LogP contribution is 2.33. The van der Waals surface area contributed by atoms with Gasteiger partial charge in [-0.3, -0.25) is 0 Å². The van der Waals surface area contributed by atoms with E-state index in [4.69, 9.17) is 5.73 Å². The third kappa shape index (κ3) is 2.43. The Morgan fingerprint density at radius 3 is 1.95 bits per heavy atom. The Bertz CT molecular complexity index is 604. The van der Waals surface area contributed by atoms with E-state index in [1.807, 2.05) is 0 Å². The van der Waals surface area contributed by atoms with Crippen LogP contribution < -0.4 is 5.73 Å². The van der Waals surface area contributed by atoms with Crippen LogP contribution in [0.3, 0.4) is 0 Å². The van der Waals surface area contributed by atoms with E-state index in [0.717, 1.165) is 17.8 Å². The summed E-state index contributed by atoms with van der Waals surface area (Å²) in [6, 6.07) is 3.90. The molecule has 0 bridgehead atoms. The summed E-state index contributed by atoms with van der Waals surface area (Å²) in [7, 11) is 0. The number of anilines is 1. The van der Waals surface area contributed by atoms with E-state index in [0.29, 0.717) is 22.6 Å². The van der Waals surface area contributed by atoms with Crippen molar-refractivity contribution in [3.05, 3.63) is 40.6 Å². The summed E-state index contributed by atoms with van der Waals surface area (Å²) in [6.45, 7) is 5.02. The smallest absolute Gasteiger partial charge is 0.384 e. The number of rotatable bonds is 1. The van der Waals surface area contributed by atoms with Gasteiger partial charge in [-0.25, -0.2) is 4.68 Å². The van der Waals surface area contributed by atoms with Crippen molar-refractivity contribution < 1.29 is 13.2 Å². The normalized spacial score (nSPS) is 11.9. The predicted molar refractivity (Wildman–Crippen MR) is 67.2 cm³/mol. The zero-order valence-corrected chi connectivity index (χ0v) is 10.8. The van der Waals surface area contributed by atoms with Crippen molar-refractivity contribution in [1.29, 1.82) is 0 Å². The number of aryl methyl sites for hydroxylation is 3. The zero-order valence-electron chi connectivity index (χ0n) is 10.8. The summed E-state index contributed by atoms with van der Waals surface area (Å²) in [5, 5.41) is 4.20. The van der Waals surface area contributed by atoms with Crippen LogP contribution in [0.1, 0.15) is 22.4 Å². The molecule has 0 spiro atoms. The summed E-state index contributed by atoms with van der Waals surface area (Å²) >= 11 is 0. The summed E-state index contributed by atoms with van der Waals surface area (Å²) in [5.41, 5.74) is 7.45. The summed E-state index contributed by atoms with van der Waals surface area (Å²) < 4.78 is 39.6. The van der Waals surface area contributed by atoms with Crippen molar-refractivity contribution in [2.45, 2.75) is 26.9 Å². The van der Waals surface area contributed by atoms with Crippen LogP contribution in [0.5, 0.6) is 0 Å². The van der Waals surface area contributed by atoms with Gasteiger partial charge in [0.1, 0.15) is 5.82 Å². The predicted octanol–water partition coefficient (Wildman–Crippen LogP) is 3.40. The number of aromatic nitrogens is 2. The highest BCUT2D eigenvalue weighted by Gasteiger charge is 2.31. The number of alkyl halides is 3. The molecule has 1 heterocycles. The quantitative estimate of drug-likeness (QED) is 0.862. The third-order valence-electron chi connectivity index (χ3n) is 2.89. The Labute approximate surface area is 108 Å². The van der Waals surface area contributed by atoms with E-state index in [1.165, 1.54) is 4.68 Å². The topological polar surface area (TPSA) is 43.8 Å². The summed E-state index contributed by atoms with van der Waals surface area (Å²) in [5.74, 6) is 0.406. The van der Waals surface area contributed by atoms with Gasteiger partial charge < -0.3 is 5.73 Å². The highest BCUT2D eigenvalue weighted by molar-refractivity contribution is 5.53.